The molecule has 1 aromatic heterocycles. The second kappa shape index (κ2) is 7.50. The third-order valence-electron chi connectivity index (χ3n) is 4.96. The van der Waals surface area contributed by atoms with Crippen LogP contribution in [0.1, 0.15) is 16.1 Å². The Balaban J connectivity index is 1.80. The van der Waals surface area contributed by atoms with E-state index in [0.29, 0.717) is 23.0 Å². The Morgan fingerprint density at radius 3 is 2.24 bits per heavy atom. The maximum atomic E-state index is 13.1. The minimum absolute atomic E-state index is 0.00418. The van der Waals surface area contributed by atoms with E-state index >= 15 is 0 Å². The van der Waals surface area contributed by atoms with Gasteiger partial charge in [0.05, 0.1) is 27.7 Å². The van der Waals surface area contributed by atoms with Crippen LogP contribution in [-0.2, 0) is 23.1 Å². The average molecular weight is 450 g/mol. The van der Waals surface area contributed by atoms with Gasteiger partial charge in [0.25, 0.3) is 5.91 Å². The Hall–Kier alpha value is -2.32. The Labute approximate surface area is 178 Å². The summed E-state index contributed by atoms with van der Waals surface area (Å²) in [7, 11) is -3.77. The van der Waals surface area contributed by atoms with Gasteiger partial charge in [0, 0.05) is 23.8 Å². The monoisotopic (exact) mass is 449 g/mol. The predicted octanol–water partition coefficient (Wildman–Crippen LogP) is 3.77. The van der Waals surface area contributed by atoms with E-state index in [1.54, 1.807) is 0 Å². The topological polar surface area (TPSA) is 85.4 Å². The minimum atomic E-state index is -3.77. The van der Waals surface area contributed by atoms with E-state index in [0.717, 1.165) is 5.56 Å². The van der Waals surface area contributed by atoms with Gasteiger partial charge in [0.1, 0.15) is 0 Å². The predicted molar refractivity (Wildman–Crippen MR) is 112 cm³/mol. The van der Waals surface area contributed by atoms with Crippen LogP contribution in [0.4, 0.5) is 0 Å². The SMILES string of the molecule is NC(=O)c1c(Cl)c(-c2ccccc2)n2c1CN(S(=O)(=O)c1ccc(Cl)cc1)CC2. The number of hydrogen-bond donors (Lipinski definition) is 1. The number of sulfonamides is 1. The van der Waals surface area contributed by atoms with Crippen molar-refractivity contribution in [1.29, 1.82) is 0 Å². The van der Waals surface area contributed by atoms with E-state index < -0.39 is 15.9 Å². The number of rotatable bonds is 4. The summed E-state index contributed by atoms with van der Waals surface area (Å²) in [4.78, 5) is 12.3. The highest BCUT2D eigenvalue weighted by molar-refractivity contribution is 7.89. The van der Waals surface area contributed by atoms with Gasteiger partial charge in [-0.05, 0) is 29.8 Å². The highest BCUT2D eigenvalue weighted by Crippen LogP contribution is 2.38. The van der Waals surface area contributed by atoms with Crippen LogP contribution in [0.15, 0.2) is 59.5 Å². The lowest BCUT2D eigenvalue weighted by molar-refractivity contribution is 0.0998. The molecule has 1 aliphatic rings. The first-order valence-corrected chi connectivity index (χ1v) is 11.0. The molecule has 0 saturated heterocycles. The fourth-order valence-electron chi connectivity index (χ4n) is 3.59. The number of benzene rings is 2. The molecule has 0 radical (unpaired) electrons. The van der Waals surface area contributed by atoms with Gasteiger partial charge in [-0.2, -0.15) is 4.31 Å². The fraction of sp³-hybridized carbons (Fsp3) is 0.150. The van der Waals surface area contributed by atoms with Gasteiger partial charge < -0.3 is 10.3 Å². The van der Waals surface area contributed by atoms with Gasteiger partial charge in [0.2, 0.25) is 10.0 Å². The number of amides is 1. The van der Waals surface area contributed by atoms with E-state index in [9.17, 15) is 13.2 Å². The first-order chi connectivity index (χ1) is 13.8. The average Bonchev–Trinajstić information content (AvgIpc) is 3.00. The zero-order chi connectivity index (χ0) is 20.8. The number of primary amides is 1. The zero-order valence-electron chi connectivity index (χ0n) is 15.2. The molecule has 0 unspecified atom stereocenters. The molecule has 150 valence electrons. The number of aromatic nitrogens is 1. The van der Waals surface area contributed by atoms with Crippen LogP contribution in [-0.4, -0.2) is 29.7 Å². The van der Waals surface area contributed by atoms with Crippen LogP contribution in [0.3, 0.4) is 0 Å². The summed E-state index contributed by atoms with van der Waals surface area (Å²) in [6.45, 7) is 0.580. The molecule has 0 fully saturated rings. The van der Waals surface area contributed by atoms with Crippen molar-refractivity contribution in [3.63, 3.8) is 0 Å². The van der Waals surface area contributed by atoms with Crippen molar-refractivity contribution in [3.05, 3.63) is 75.9 Å². The molecule has 2 N–H and O–H groups in total. The van der Waals surface area contributed by atoms with Crippen LogP contribution in [0.5, 0.6) is 0 Å². The number of carbonyl (C=O) groups excluding carboxylic acids is 1. The Morgan fingerprint density at radius 2 is 1.62 bits per heavy atom. The van der Waals surface area contributed by atoms with Crippen molar-refractivity contribution in [2.75, 3.05) is 6.54 Å². The van der Waals surface area contributed by atoms with E-state index in [1.807, 2.05) is 34.9 Å². The molecule has 0 atom stereocenters. The Morgan fingerprint density at radius 1 is 0.966 bits per heavy atom. The molecule has 0 saturated carbocycles. The standard InChI is InChI=1S/C20H17Cl2N3O3S/c21-14-6-8-15(9-7-14)29(27,28)24-10-11-25-16(12-24)17(20(23)26)18(22)19(25)13-4-2-1-3-5-13/h1-9H,10-12H2,(H2,23,26). The lowest BCUT2D eigenvalue weighted by Crippen LogP contribution is -2.39. The smallest absolute Gasteiger partial charge is 0.252 e. The summed E-state index contributed by atoms with van der Waals surface area (Å²) in [6.07, 6.45) is 0. The van der Waals surface area contributed by atoms with Gasteiger partial charge in [-0.25, -0.2) is 8.42 Å². The number of halogens is 2. The molecule has 1 aliphatic heterocycles. The van der Waals surface area contributed by atoms with Gasteiger partial charge >= 0.3 is 0 Å². The third kappa shape index (κ3) is 3.44. The van der Waals surface area contributed by atoms with Crippen molar-refractivity contribution in [2.24, 2.45) is 5.73 Å². The second-order valence-electron chi connectivity index (χ2n) is 6.66. The van der Waals surface area contributed by atoms with Gasteiger partial charge in [-0.1, -0.05) is 53.5 Å². The zero-order valence-corrected chi connectivity index (χ0v) is 17.5. The molecule has 3 aromatic rings. The largest absolute Gasteiger partial charge is 0.365 e. The van der Waals surface area contributed by atoms with E-state index in [2.05, 4.69) is 0 Å². The van der Waals surface area contributed by atoms with Crippen LogP contribution in [0.2, 0.25) is 10.0 Å². The molecule has 0 bridgehead atoms. The number of nitrogens with two attached hydrogens (primary N) is 1. The molecule has 2 heterocycles. The summed E-state index contributed by atoms with van der Waals surface area (Å²) in [5, 5.41) is 0.691. The van der Waals surface area contributed by atoms with E-state index in [1.165, 1.54) is 28.6 Å². The van der Waals surface area contributed by atoms with Crippen molar-refractivity contribution < 1.29 is 13.2 Å². The molecule has 2 aromatic carbocycles. The summed E-state index contributed by atoms with van der Waals surface area (Å²) in [5.74, 6) is -0.688. The maximum Gasteiger partial charge on any atom is 0.252 e. The lowest BCUT2D eigenvalue weighted by atomic mass is 10.1. The van der Waals surface area contributed by atoms with Crippen molar-refractivity contribution >= 4 is 39.1 Å². The lowest BCUT2D eigenvalue weighted by Gasteiger charge is -2.29. The number of fused-ring (bicyclic) bond motifs is 1. The first-order valence-electron chi connectivity index (χ1n) is 8.82. The first kappa shape index (κ1) is 20.0. The molecular formula is C20H17Cl2N3O3S. The molecule has 1 amide bonds. The van der Waals surface area contributed by atoms with Gasteiger partial charge in [-0.3, -0.25) is 4.79 Å². The van der Waals surface area contributed by atoms with Crippen molar-refractivity contribution in [1.82, 2.24) is 8.87 Å². The number of carbonyl (C=O) groups is 1. The molecule has 6 nitrogen and oxygen atoms in total. The Bertz CT molecular complexity index is 1190. The van der Waals surface area contributed by atoms with Crippen molar-refractivity contribution in [3.8, 4) is 11.3 Å². The van der Waals surface area contributed by atoms with Crippen LogP contribution < -0.4 is 5.73 Å². The van der Waals surface area contributed by atoms with Crippen LogP contribution in [0, 0.1) is 0 Å². The van der Waals surface area contributed by atoms with Crippen LogP contribution in [0.25, 0.3) is 11.3 Å². The normalized spacial score (nSPS) is 14.6. The van der Waals surface area contributed by atoms with Gasteiger partial charge in [0.15, 0.2) is 0 Å². The number of hydrogen-bond acceptors (Lipinski definition) is 3. The summed E-state index contributed by atoms with van der Waals surface area (Å²) in [6, 6.07) is 15.4. The molecule has 0 aliphatic carbocycles. The molecule has 0 spiro atoms. The fourth-order valence-corrected chi connectivity index (χ4v) is 5.52. The molecule has 29 heavy (non-hydrogen) atoms. The maximum absolute atomic E-state index is 13.1. The molecular weight excluding hydrogens is 433 g/mol. The summed E-state index contributed by atoms with van der Waals surface area (Å²) < 4.78 is 29.4. The highest BCUT2D eigenvalue weighted by Gasteiger charge is 2.34. The quantitative estimate of drug-likeness (QED) is 0.657. The summed E-state index contributed by atoms with van der Waals surface area (Å²) >= 11 is 12.4. The third-order valence-corrected chi connectivity index (χ3v) is 7.44. The van der Waals surface area contributed by atoms with Crippen LogP contribution >= 0.6 is 23.2 Å². The Kier molecular flexibility index (Phi) is 5.16. The molecule has 9 heteroatoms. The van der Waals surface area contributed by atoms with Crippen molar-refractivity contribution in [2.45, 2.75) is 18.0 Å². The minimum Gasteiger partial charge on any atom is -0.365 e. The molecule has 4 rings (SSSR count). The summed E-state index contributed by atoms with van der Waals surface area (Å²) in [5.41, 5.74) is 7.74. The number of nitrogens with zero attached hydrogens (tertiary/aromatic N) is 2. The second-order valence-corrected chi connectivity index (χ2v) is 9.41. The van der Waals surface area contributed by atoms with E-state index in [-0.39, 0.29) is 28.6 Å². The highest BCUT2D eigenvalue weighted by atomic mass is 35.5. The van der Waals surface area contributed by atoms with E-state index in [4.69, 9.17) is 28.9 Å². The van der Waals surface area contributed by atoms with Gasteiger partial charge in [-0.15, -0.1) is 0 Å².